The Kier molecular flexibility index (Phi) is 4.39. The molecule has 0 aromatic heterocycles. The lowest BCUT2D eigenvalue weighted by Gasteiger charge is -2.24. The highest BCUT2D eigenvalue weighted by Crippen LogP contribution is 2.26. The number of hydrogen-bond donors (Lipinski definition) is 2. The topological polar surface area (TPSA) is 69.6 Å². The molecule has 5 heteroatoms. The van der Waals surface area contributed by atoms with Crippen molar-refractivity contribution in [2.75, 3.05) is 13.6 Å². The third-order valence-electron chi connectivity index (χ3n) is 3.78. The van der Waals surface area contributed by atoms with Crippen LogP contribution in [0.1, 0.15) is 40.5 Å². The number of hydrogen-bond acceptors (Lipinski definition) is 3. The van der Waals surface area contributed by atoms with Crippen molar-refractivity contribution in [2.45, 2.75) is 31.8 Å². The normalized spacial score (nSPS) is 15.9. The van der Waals surface area contributed by atoms with Crippen LogP contribution in [0.4, 0.5) is 0 Å². The molecule has 108 valence electrons. The van der Waals surface area contributed by atoms with Crippen LogP contribution in [0.5, 0.6) is 0 Å². The minimum absolute atomic E-state index is 0.0354. The van der Waals surface area contributed by atoms with Crippen molar-refractivity contribution >= 4 is 11.9 Å². The molecule has 0 radical (unpaired) electrons. The molecular weight excluding hydrogens is 256 g/mol. The van der Waals surface area contributed by atoms with E-state index in [-0.39, 0.29) is 23.1 Å². The van der Waals surface area contributed by atoms with Crippen LogP contribution in [0.3, 0.4) is 0 Å². The molecule has 1 atom stereocenters. The maximum atomic E-state index is 12.1. The van der Waals surface area contributed by atoms with E-state index in [2.05, 4.69) is 24.2 Å². The van der Waals surface area contributed by atoms with Crippen LogP contribution in [0.25, 0.3) is 0 Å². The van der Waals surface area contributed by atoms with Gasteiger partial charge in [-0.2, -0.15) is 0 Å². The Labute approximate surface area is 118 Å². The van der Waals surface area contributed by atoms with Crippen molar-refractivity contribution in [3.63, 3.8) is 0 Å². The van der Waals surface area contributed by atoms with Crippen LogP contribution < -0.4 is 5.32 Å². The first kappa shape index (κ1) is 14.5. The summed E-state index contributed by atoms with van der Waals surface area (Å²) in [5, 5.41) is 11.9. The number of amides is 1. The third-order valence-corrected chi connectivity index (χ3v) is 3.78. The average molecular weight is 276 g/mol. The molecule has 0 saturated heterocycles. The van der Waals surface area contributed by atoms with Gasteiger partial charge in [-0.05, 0) is 38.9 Å². The highest BCUT2D eigenvalue weighted by Gasteiger charge is 2.29. The van der Waals surface area contributed by atoms with Crippen LogP contribution in [0, 0.1) is 0 Å². The molecule has 1 aliphatic carbocycles. The second-order valence-corrected chi connectivity index (χ2v) is 5.31. The lowest BCUT2D eigenvalue weighted by Crippen LogP contribution is -2.41. The second kappa shape index (κ2) is 6.05. The molecule has 1 aromatic carbocycles. The van der Waals surface area contributed by atoms with E-state index in [1.165, 1.54) is 25.0 Å². The minimum atomic E-state index is -1.08. The van der Waals surface area contributed by atoms with Gasteiger partial charge in [0.15, 0.2) is 0 Å². The number of rotatable bonds is 6. The molecule has 2 N–H and O–H groups in total. The van der Waals surface area contributed by atoms with Crippen molar-refractivity contribution in [3.8, 4) is 0 Å². The molecule has 1 unspecified atom stereocenters. The van der Waals surface area contributed by atoms with Gasteiger partial charge in [-0.3, -0.25) is 9.69 Å². The highest BCUT2D eigenvalue weighted by atomic mass is 16.4. The number of likely N-dealkylation sites (N-methyl/N-ethyl adjacent to an activating group) is 1. The lowest BCUT2D eigenvalue weighted by molar-refractivity contribution is 0.0690. The van der Waals surface area contributed by atoms with Gasteiger partial charge in [0.25, 0.3) is 5.91 Å². The first-order valence-electron chi connectivity index (χ1n) is 6.83. The standard InChI is InChI=1S/C15H20N2O3/c1-10(17(2)11-7-8-11)9-16-14(18)12-5-3-4-6-13(12)15(19)20/h3-6,10-11H,7-9H2,1-2H3,(H,16,18)(H,19,20). The number of carboxylic acids is 1. The summed E-state index contributed by atoms with van der Waals surface area (Å²) in [6.45, 7) is 2.57. The summed E-state index contributed by atoms with van der Waals surface area (Å²) in [7, 11) is 2.06. The molecular formula is C15H20N2O3. The summed E-state index contributed by atoms with van der Waals surface area (Å²) in [5.41, 5.74) is 0.245. The summed E-state index contributed by atoms with van der Waals surface area (Å²) in [6, 6.07) is 7.13. The van der Waals surface area contributed by atoms with Crippen LogP contribution in [-0.4, -0.2) is 47.6 Å². The Morgan fingerprint density at radius 1 is 1.35 bits per heavy atom. The number of nitrogens with zero attached hydrogens (tertiary/aromatic N) is 1. The van der Waals surface area contributed by atoms with Crippen molar-refractivity contribution in [3.05, 3.63) is 35.4 Å². The number of nitrogens with one attached hydrogen (secondary N) is 1. The minimum Gasteiger partial charge on any atom is -0.478 e. The van der Waals surface area contributed by atoms with Crippen molar-refractivity contribution in [1.82, 2.24) is 10.2 Å². The number of carboxylic acid groups (broad SMARTS) is 1. The van der Waals surface area contributed by atoms with E-state index in [0.29, 0.717) is 12.6 Å². The lowest BCUT2D eigenvalue weighted by atomic mass is 10.1. The Balaban J connectivity index is 1.96. The molecule has 0 spiro atoms. The fourth-order valence-electron chi connectivity index (χ4n) is 2.19. The molecule has 1 amide bonds. The molecule has 5 nitrogen and oxygen atoms in total. The number of benzene rings is 1. The van der Waals surface area contributed by atoms with Gasteiger partial charge in [-0.15, -0.1) is 0 Å². The molecule has 1 aromatic rings. The molecule has 1 fully saturated rings. The summed E-state index contributed by atoms with van der Waals surface area (Å²) < 4.78 is 0. The van der Waals surface area contributed by atoms with E-state index in [4.69, 9.17) is 5.11 Å². The molecule has 1 saturated carbocycles. The molecule has 0 heterocycles. The monoisotopic (exact) mass is 276 g/mol. The number of carbonyl (C=O) groups excluding carboxylic acids is 1. The van der Waals surface area contributed by atoms with E-state index >= 15 is 0 Å². The average Bonchev–Trinajstić information content (AvgIpc) is 3.28. The zero-order valence-corrected chi connectivity index (χ0v) is 11.8. The maximum absolute atomic E-state index is 12.1. The van der Waals surface area contributed by atoms with Gasteiger partial charge < -0.3 is 10.4 Å². The zero-order chi connectivity index (χ0) is 14.7. The van der Waals surface area contributed by atoms with Gasteiger partial charge in [-0.1, -0.05) is 12.1 Å². The fourth-order valence-corrected chi connectivity index (χ4v) is 2.19. The molecule has 0 bridgehead atoms. The summed E-state index contributed by atoms with van der Waals surface area (Å²) in [4.78, 5) is 25.4. The summed E-state index contributed by atoms with van der Waals surface area (Å²) >= 11 is 0. The smallest absolute Gasteiger partial charge is 0.336 e. The molecule has 0 aliphatic heterocycles. The van der Waals surface area contributed by atoms with Crippen molar-refractivity contribution in [1.29, 1.82) is 0 Å². The highest BCUT2D eigenvalue weighted by molar-refractivity contribution is 6.04. The Bertz CT molecular complexity index is 512. The number of carbonyl (C=O) groups is 2. The van der Waals surface area contributed by atoms with Crippen LogP contribution in [0.2, 0.25) is 0 Å². The van der Waals surface area contributed by atoms with Gasteiger partial charge in [-0.25, -0.2) is 4.79 Å². The van der Waals surface area contributed by atoms with Gasteiger partial charge in [0.05, 0.1) is 11.1 Å². The van der Waals surface area contributed by atoms with Crippen LogP contribution in [0.15, 0.2) is 24.3 Å². The first-order valence-corrected chi connectivity index (χ1v) is 6.83. The second-order valence-electron chi connectivity index (χ2n) is 5.31. The van der Waals surface area contributed by atoms with E-state index in [0.717, 1.165) is 0 Å². The van der Waals surface area contributed by atoms with Gasteiger partial charge in [0, 0.05) is 18.6 Å². The molecule has 2 rings (SSSR count). The van der Waals surface area contributed by atoms with Gasteiger partial charge >= 0.3 is 5.97 Å². The summed E-state index contributed by atoms with van der Waals surface area (Å²) in [6.07, 6.45) is 2.44. The summed E-state index contributed by atoms with van der Waals surface area (Å²) in [5.74, 6) is -1.42. The van der Waals surface area contributed by atoms with Gasteiger partial charge in [0.1, 0.15) is 0 Å². The maximum Gasteiger partial charge on any atom is 0.336 e. The Morgan fingerprint density at radius 3 is 2.50 bits per heavy atom. The van der Waals surface area contributed by atoms with E-state index < -0.39 is 5.97 Å². The predicted octanol–water partition coefficient (Wildman–Crippen LogP) is 1.60. The SMILES string of the molecule is CC(CNC(=O)c1ccccc1C(=O)O)N(C)C1CC1. The Morgan fingerprint density at radius 2 is 1.95 bits per heavy atom. The first-order chi connectivity index (χ1) is 9.50. The zero-order valence-electron chi connectivity index (χ0n) is 11.8. The van der Waals surface area contributed by atoms with E-state index in [1.54, 1.807) is 12.1 Å². The number of aromatic carboxylic acids is 1. The fraction of sp³-hybridized carbons (Fsp3) is 0.467. The molecule has 20 heavy (non-hydrogen) atoms. The van der Waals surface area contributed by atoms with Crippen LogP contribution >= 0.6 is 0 Å². The predicted molar refractivity (Wildman–Crippen MR) is 76.0 cm³/mol. The quantitative estimate of drug-likeness (QED) is 0.828. The largest absolute Gasteiger partial charge is 0.478 e. The van der Waals surface area contributed by atoms with Gasteiger partial charge in [0.2, 0.25) is 0 Å². The van der Waals surface area contributed by atoms with E-state index in [1.807, 2.05) is 0 Å². The molecule has 1 aliphatic rings. The Hall–Kier alpha value is -1.88. The van der Waals surface area contributed by atoms with Crippen molar-refractivity contribution < 1.29 is 14.7 Å². The van der Waals surface area contributed by atoms with E-state index in [9.17, 15) is 9.59 Å². The third kappa shape index (κ3) is 3.36. The van der Waals surface area contributed by atoms with Crippen LogP contribution in [-0.2, 0) is 0 Å². The van der Waals surface area contributed by atoms with Crippen molar-refractivity contribution in [2.24, 2.45) is 0 Å².